The van der Waals surface area contributed by atoms with Crippen LogP contribution in [0.3, 0.4) is 0 Å². The number of nitrogens with one attached hydrogen (secondary N) is 1. The summed E-state index contributed by atoms with van der Waals surface area (Å²) in [6, 6.07) is 16.7. The third-order valence-corrected chi connectivity index (χ3v) is 5.11. The van der Waals surface area contributed by atoms with Gasteiger partial charge in [0.05, 0.1) is 36.0 Å². The molecule has 0 amide bonds. The van der Waals surface area contributed by atoms with E-state index in [9.17, 15) is 4.39 Å². The maximum atomic E-state index is 13.2. The van der Waals surface area contributed by atoms with E-state index in [2.05, 4.69) is 44.4 Å². The third kappa shape index (κ3) is 3.41. The number of aromatic nitrogens is 5. The summed E-state index contributed by atoms with van der Waals surface area (Å²) in [6.07, 6.45) is 7.37. The standard InChI is InChI=1S/C23H19FN6/c1-29(20-8-6-18(24)7-9-20)14-19-15-30-22(12-26-23(30)13-25-19)17-4-2-16(3-5-17)21-10-11-27-28-21/h2-13,15H,14H2,1H3,(H,27,28). The second-order valence-corrected chi connectivity index (χ2v) is 7.13. The van der Waals surface area contributed by atoms with Crippen molar-refractivity contribution in [2.45, 2.75) is 6.54 Å². The van der Waals surface area contributed by atoms with Gasteiger partial charge in [-0.05, 0) is 35.9 Å². The maximum absolute atomic E-state index is 13.2. The van der Waals surface area contributed by atoms with Gasteiger partial charge in [-0.3, -0.25) is 14.5 Å². The smallest absolute Gasteiger partial charge is 0.155 e. The molecule has 0 aliphatic rings. The average molecular weight is 398 g/mol. The van der Waals surface area contributed by atoms with Gasteiger partial charge in [0.2, 0.25) is 0 Å². The zero-order chi connectivity index (χ0) is 20.5. The average Bonchev–Trinajstić information content (AvgIpc) is 3.44. The molecule has 0 atom stereocenters. The van der Waals surface area contributed by atoms with E-state index in [-0.39, 0.29) is 5.82 Å². The Balaban J connectivity index is 1.43. The number of nitrogens with zero attached hydrogens (tertiary/aromatic N) is 5. The molecule has 0 saturated heterocycles. The van der Waals surface area contributed by atoms with Gasteiger partial charge in [0.25, 0.3) is 0 Å². The van der Waals surface area contributed by atoms with Gasteiger partial charge in [0, 0.05) is 30.7 Å². The molecule has 0 fully saturated rings. The normalized spacial score (nSPS) is 11.1. The third-order valence-electron chi connectivity index (χ3n) is 5.11. The Hall–Kier alpha value is -4.00. The summed E-state index contributed by atoms with van der Waals surface area (Å²) in [5.41, 5.74) is 6.73. The highest BCUT2D eigenvalue weighted by Gasteiger charge is 2.10. The lowest BCUT2D eigenvalue weighted by atomic mass is 10.1. The van der Waals surface area contributed by atoms with E-state index in [4.69, 9.17) is 0 Å². The fraction of sp³-hybridized carbons (Fsp3) is 0.0870. The van der Waals surface area contributed by atoms with Gasteiger partial charge in [-0.25, -0.2) is 9.37 Å². The van der Waals surface area contributed by atoms with Crippen LogP contribution < -0.4 is 4.90 Å². The van der Waals surface area contributed by atoms with E-state index in [0.29, 0.717) is 6.54 Å². The Labute approximate surface area is 172 Å². The number of benzene rings is 2. The summed E-state index contributed by atoms with van der Waals surface area (Å²) < 4.78 is 15.2. The van der Waals surface area contributed by atoms with Gasteiger partial charge in [-0.2, -0.15) is 5.10 Å². The predicted molar refractivity (Wildman–Crippen MR) is 115 cm³/mol. The van der Waals surface area contributed by atoms with Crippen LogP contribution in [0, 0.1) is 5.82 Å². The molecular weight excluding hydrogens is 379 g/mol. The molecule has 0 aliphatic carbocycles. The zero-order valence-electron chi connectivity index (χ0n) is 16.3. The minimum Gasteiger partial charge on any atom is -0.369 e. The van der Waals surface area contributed by atoms with Gasteiger partial charge < -0.3 is 4.90 Å². The number of imidazole rings is 1. The summed E-state index contributed by atoms with van der Waals surface area (Å²) in [5.74, 6) is -0.242. The SMILES string of the molecule is CN(Cc1cn2c(-c3ccc(-c4ccn[nH]4)cc3)cnc2cn1)c1ccc(F)cc1. The Morgan fingerprint density at radius 2 is 1.70 bits per heavy atom. The van der Waals surface area contributed by atoms with Crippen molar-refractivity contribution in [3.05, 3.63) is 90.9 Å². The van der Waals surface area contributed by atoms with Crippen molar-refractivity contribution >= 4 is 11.3 Å². The highest BCUT2D eigenvalue weighted by atomic mass is 19.1. The molecule has 1 N–H and O–H groups in total. The molecule has 5 rings (SSSR count). The Kier molecular flexibility index (Phi) is 4.48. The van der Waals surface area contributed by atoms with Crippen LogP contribution in [0.1, 0.15) is 5.69 Å². The van der Waals surface area contributed by atoms with E-state index in [1.165, 1.54) is 12.1 Å². The lowest BCUT2D eigenvalue weighted by Gasteiger charge is -2.19. The number of H-pyrrole nitrogens is 1. The molecule has 0 radical (unpaired) electrons. The van der Waals surface area contributed by atoms with Crippen molar-refractivity contribution in [1.29, 1.82) is 0 Å². The summed E-state index contributed by atoms with van der Waals surface area (Å²) >= 11 is 0. The number of hydrogen-bond acceptors (Lipinski definition) is 4. The van der Waals surface area contributed by atoms with Crippen LogP contribution >= 0.6 is 0 Å². The topological polar surface area (TPSA) is 62.1 Å². The lowest BCUT2D eigenvalue weighted by molar-refractivity contribution is 0.627. The molecule has 5 aromatic rings. The van der Waals surface area contributed by atoms with Gasteiger partial charge >= 0.3 is 0 Å². The van der Waals surface area contributed by atoms with Crippen molar-refractivity contribution in [1.82, 2.24) is 24.6 Å². The molecule has 30 heavy (non-hydrogen) atoms. The van der Waals surface area contributed by atoms with Crippen LogP contribution in [0.4, 0.5) is 10.1 Å². The van der Waals surface area contributed by atoms with E-state index < -0.39 is 0 Å². The van der Waals surface area contributed by atoms with Crippen LogP contribution in [0.5, 0.6) is 0 Å². The molecule has 0 spiro atoms. The minimum atomic E-state index is -0.242. The van der Waals surface area contributed by atoms with Crippen molar-refractivity contribution in [3.63, 3.8) is 0 Å². The zero-order valence-corrected chi connectivity index (χ0v) is 16.3. The van der Waals surface area contributed by atoms with Gasteiger partial charge in [-0.15, -0.1) is 0 Å². The van der Waals surface area contributed by atoms with Gasteiger partial charge in [0.15, 0.2) is 5.65 Å². The van der Waals surface area contributed by atoms with E-state index in [1.807, 2.05) is 34.8 Å². The Bertz CT molecular complexity index is 1270. The quantitative estimate of drug-likeness (QED) is 0.471. The van der Waals surface area contributed by atoms with Crippen LogP contribution in [0.15, 0.2) is 79.4 Å². The Morgan fingerprint density at radius 3 is 2.43 bits per heavy atom. The Morgan fingerprint density at radius 1 is 0.933 bits per heavy atom. The second-order valence-electron chi connectivity index (χ2n) is 7.13. The molecule has 7 heteroatoms. The first-order chi connectivity index (χ1) is 14.7. The summed E-state index contributed by atoms with van der Waals surface area (Å²) in [4.78, 5) is 11.1. The molecule has 0 unspecified atom stereocenters. The number of aromatic amines is 1. The number of fused-ring (bicyclic) bond motifs is 1. The fourth-order valence-electron chi connectivity index (χ4n) is 3.49. The highest BCUT2D eigenvalue weighted by Crippen LogP contribution is 2.25. The number of rotatable bonds is 5. The number of halogens is 1. The summed E-state index contributed by atoms with van der Waals surface area (Å²) in [7, 11) is 1.96. The van der Waals surface area contributed by atoms with Crippen LogP contribution in [0.25, 0.3) is 28.2 Å². The molecule has 148 valence electrons. The van der Waals surface area contributed by atoms with Gasteiger partial charge in [0.1, 0.15) is 5.82 Å². The van der Waals surface area contributed by atoms with E-state index >= 15 is 0 Å². The first-order valence-corrected chi connectivity index (χ1v) is 9.56. The molecule has 6 nitrogen and oxygen atoms in total. The van der Waals surface area contributed by atoms with E-state index in [1.54, 1.807) is 24.5 Å². The molecule has 3 aromatic heterocycles. The fourth-order valence-corrected chi connectivity index (χ4v) is 3.49. The van der Waals surface area contributed by atoms with Crippen molar-refractivity contribution in [2.24, 2.45) is 0 Å². The first kappa shape index (κ1) is 18.1. The molecule has 0 saturated carbocycles. The van der Waals surface area contributed by atoms with E-state index in [0.717, 1.165) is 39.5 Å². The lowest BCUT2D eigenvalue weighted by Crippen LogP contribution is -2.17. The predicted octanol–water partition coefficient (Wildman–Crippen LogP) is 4.56. The molecular formula is C23H19FN6. The van der Waals surface area contributed by atoms with Crippen LogP contribution in [0.2, 0.25) is 0 Å². The molecule has 2 aromatic carbocycles. The molecule has 0 aliphatic heterocycles. The highest BCUT2D eigenvalue weighted by molar-refractivity contribution is 5.68. The number of anilines is 1. The van der Waals surface area contributed by atoms with Crippen LogP contribution in [-0.2, 0) is 6.54 Å². The van der Waals surface area contributed by atoms with Gasteiger partial charge in [-0.1, -0.05) is 24.3 Å². The molecule has 0 bridgehead atoms. The monoisotopic (exact) mass is 398 g/mol. The molecule has 3 heterocycles. The largest absolute Gasteiger partial charge is 0.369 e. The van der Waals surface area contributed by atoms with Crippen molar-refractivity contribution < 1.29 is 4.39 Å². The number of hydrogen-bond donors (Lipinski definition) is 1. The minimum absolute atomic E-state index is 0.242. The second kappa shape index (κ2) is 7.44. The van der Waals surface area contributed by atoms with Crippen molar-refractivity contribution in [2.75, 3.05) is 11.9 Å². The van der Waals surface area contributed by atoms with Crippen LogP contribution in [-0.4, -0.2) is 31.6 Å². The first-order valence-electron chi connectivity index (χ1n) is 9.56. The summed E-state index contributed by atoms with van der Waals surface area (Å²) in [6.45, 7) is 0.595. The van der Waals surface area contributed by atoms with Crippen molar-refractivity contribution in [3.8, 4) is 22.5 Å². The maximum Gasteiger partial charge on any atom is 0.155 e. The summed E-state index contributed by atoms with van der Waals surface area (Å²) in [5, 5.41) is 6.98.